The molecule has 2 aromatic heterocycles. The molecule has 2 aromatic rings. The molecule has 1 unspecified atom stereocenters. The van der Waals surface area contributed by atoms with Gasteiger partial charge in [0.2, 0.25) is 0 Å². The largest absolute Gasteiger partial charge is 0.345 e. The molecule has 0 aliphatic heterocycles. The second-order valence-electron chi connectivity index (χ2n) is 2.50. The van der Waals surface area contributed by atoms with E-state index in [4.69, 9.17) is 11.6 Å². The fourth-order valence-electron chi connectivity index (χ4n) is 1.12. The Hall–Kier alpha value is -0.940. The van der Waals surface area contributed by atoms with Crippen molar-refractivity contribution >= 4 is 33.4 Å². The average Bonchev–Trinajstić information content (AvgIpc) is 2.49. The van der Waals surface area contributed by atoms with Crippen molar-refractivity contribution in [1.82, 2.24) is 15.0 Å². The molecule has 13 heavy (non-hydrogen) atoms. The summed E-state index contributed by atoms with van der Waals surface area (Å²) < 4.78 is 11.2. The van der Waals surface area contributed by atoms with Gasteiger partial charge in [-0.25, -0.2) is 9.97 Å². The minimum absolute atomic E-state index is 0.330. The van der Waals surface area contributed by atoms with E-state index in [9.17, 15) is 4.21 Å². The van der Waals surface area contributed by atoms with E-state index in [-0.39, 0.29) is 0 Å². The third-order valence-corrected chi connectivity index (χ3v) is 2.93. The summed E-state index contributed by atoms with van der Waals surface area (Å²) >= 11 is 5.84. The molecule has 2 heterocycles. The van der Waals surface area contributed by atoms with Gasteiger partial charge < -0.3 is 4.98 Å². The van der Waals surface area contributed by atoms with Gasteiger partial charge in [-0.05, 0) is 0 Å². The molecule has 0 radical (unpaired) electrons. The van der Waals surface area contributed by atoms with Crippen LogP contribution in [0.3, 0.4) is 0 Å². The minimum Gasteiger partial charge on any atom is -0.345 e. The first-order valence-corrected chi connectivity index (χ1v) is 5.45. The van der Waals surface area contributed by atoms with Crippen LogP contribution in [0.1, 0.15) is 0 Å². The highest BCUT2D eigenvalue weighted by molar-refractivity contribution is 7.84. The summed E-state index contributed by atoms with van der Waals surface area (Å²) in [6.07, 6.45) is 4.59. The van der Waals surface area contributed by atoms with E-state index in [1.54, 1.807) is 12.5 Å². The van der Waals surface area contributed by atoms with Crippen LogP contribution in [0.2, 0.25) is 5.15 Å². The van der Waals surface area contributed by atoms with E-state index in [1.165, 1.54) is 6.33 Å². The van der Waals surface area contributed by atoms with Crippen LogP contribution in [0, 0.1) is 0 Å². The van der Waals surface area contributed by atoms with Gasteiger partial charge in [-0.1, -0.05) is 11.6 Å². The monoisotopic (exact) mass is 215 g/mol. The molecular weight excluding hydrogens is 210 g/mol. The first-order valence-electron chi connectivity index (χ1n) is 3.51. The quantitative estimate of drug-likeness (QED) is 0.731. The highest BCUT2D eigenvalue weighted by atomic mass is 35.5. The first-order chi connectivity index (χ1) is 6.20. The maximum absolute atomic E-state index is 11.2. The van der Waals surface area contributed by atoms with Crippen molar-refractivity contribution in [2.45, 2.75) is 4.90 Å². The number of hydrogen-bond acceptors (Lipinski definition) is 3. The van der Waals surface area contributed by atoms with Gasteiger partial charge in [-0.15, -0.1) is 0 Å². The lowest BCUT2D eigenvalue weighted by Crippen LogP contribution is -1.87. The van der Waals surface area contributed by atoms with Crippen molar-refractivity contribution < 1.29 is 4.21 Å². The van der Waals surface area contributed by atoms with Gasteiger partial charge in [-0.3, -0.25) is 4.21 Å². The van der Waals surface area contributed by atoms with Gasteiger partial charge in [0.15, 0.2) is 0 Å². The molecule has 0 amide bonds. The molecule has 1 atom stereocenters. The molecular formula is C7H6ClN3OS. The zero-order valence-corrected chi connectivity index (χ0v) is 8.32. The van der Waals surface area contributed by atoms with Crippen LogP contribution in [-0.2, 0) is 10.8 Å². The number of nitrogens with zero attached hydrogens (tertiary/aromatic N) is 2. The lowest BCUT2D eigenvalue weighted by molar-refractivity contribution is 0.687. The first kappa shape index (κ1) is 8.65. The number of aromatic amines is 1. The van der Waals surface area contributed by atoms with Gasteiger partial charge in [0.25, 0.3) is 0 Å². The Morgan fingerprint density at radius 1 is 1.54 bits per heavy atom. The summed E-state index contributed by atoms with van der Waals surface area (Å²) in [7, 11) is -1.08. The smallest absolute Gasteiger partial charge is 0.143 e. The molecule has 0 spiro atoms. The van der Waals surface area contributed by atoms with Crippen molar-refractivity contribution in [2.24, 2.45) is 0 Å². The molecule has 0 aliphatic carbocycles. The summed E-state index contributed by atoms with van der Waals surface area (Å²) in [6, 6.07) is 0. The van der Waals surface area contributed by atoms with Gasteiger partial charge in [-0.2, -0.15) is 0 Å². The van der Waals surface area contributed by atoms with E-state index < -0.39 is 10.8 Å². The topological polar surface area (TPSA) is 58.6 Å². The summed E-state index contributed by atoms with van der Waals surface area (Å²) in [4.78, 5) is 11.3. The molecule has 0 fully saturated rings. The zero-order chi connectivity index (χ0) is 9.42. The number of aromatic nitrogens is 3. The highest BCUT2D eigenvalue weighted by Gasteiger charge is 2.11. The van der Waals surface area contributed by atoms with Crippen LogP contribution in [0.4, 0.5) is 0 Å². The van der Waals surface area contributed by atoms with E-state index >= 15 is 0 Å². The van der Waals surface area contributed by atoms with Crippen molar-refractivity contribution in [3.8, 4) is 0 Å². The SMILES string of the molecule is CS(=O)c1c[nH]c2ncnc(Cl)c12. The Balaban J connectivity index is 2.86. The van der Waals surface area contributed by atoms with Gasteiger partial charge in [0.1, 0.15) is 17.1 Å². The molecule has 6 heteroatoms. The number of fused-ring (bicyclic) bond motifs is 1. The molecule has 0 saturated carbocycles. The van der Waals surface area contributed by atoms with Gasteiger partial charge in [0, 0.05) is 12.5 Å². The second kappa shape index (κ2) is 3.08. The third kappa shape index (κ3) is 1.34. The van der Waals surface area contributed by atoms with Crippen LogP contribution in [0.25, 0.3) is 11.0 Å². The minimum atomic E-state index is -1.08. The number of rotatable bonds is 1. The molecule has 1 N–H and O–H groups in total. The molecule has 0 aliphatic rings. The average molecular weight is 216 g/mol. The molecule has 2 rings (SSSR count). The predicted octanol–water partition coefficient (Wildman–Crippen LogP) is 1.35. The lowest BCUT2D eigenvalue weighted by Gasteiger charge is -1.94. The fourth-order valence-corrected chi connectivity index (χ4v) is 2.12. The normalized spacial score (nSPS) is 13.4. The summed E-state index contributed by atoms with van der Waals surface area (Å²) in [5.41, 5.74) is 0.616. The summed E-state index contributed by atoms with van der Waals surface area (Å²) in [6.45, 7) is 0. The molecule has 0 bridgehead atoms. The van der Waals surface area contributed by atoms with E-state index in [2.05, 4.69) is 15.0 Å². The number of H-pyrrole nitrogens is 1. The summed E-state index contributed by atoms with van der Waals surface area (Å²) in [5.74, 6) is 0. The fraction of sp³-hybridized carbons (Fsp3) is 0.143. The highest BCUT2D eigenvalue weighted by Crippen LogP contribution is 2.24. The van der Waals surface area contributed by atoms with Crippen molar-refractivity contribution in [1.29, 1.82) is 0 Å². The van der Waals surface area contributed by atoms with Crippen LogP contribution in [0.5, 0.6) is 0 Å². The molecule has 68 valence electrons. The maximum Gasteiger partial charge on any atom is 0.143 e. The second-order valence-corrected chi connectivity index (χ2v) is 4.20. The van der Waals surface area contributed by atoms with Gasteiger partial charge >= 0.3 is 0 Å². The van der Waals surface area contributed by atoms with E-state index in [0.717, 1.165) is 0 Å². The van der Waals surface area contributed by atoms with Crippen LogP contribution in [-0.4, -0.2) is 25.4 Å². The van der Waals surface area contributed by atoms with E-state index in [0.29, 0.717) is 21.1 Å². The lowest BCUT2D eigenvalue weighted by atomic mass is 10.4. The summed E-state index contributed by atoms with van der Waals surface area (Å²) in [5, 5.41) is 0.974. The Labute approximate surface area is 81.8 Å². The van der Waals surface area contributed by atoms with Crippen molar-refractivity contribution in [3.63, 3.8) is 0 Å². The number of halogens is 1. The van der Waals surface area contributed by atoms with Crippen molar-refractivity contribution in [3.05, 3.63) is 17.7 Å². The maximum atomic E-state index is 11.2. The zero-order valence-electron chi connectivity index (χ0n) is 6.74. The van der Waals surface area contributed by atoms with Crippen LogP contribution in [0.15, 0.2) is 17.4 Å². The van der Waals surface area contributed by atoms with E-state index in [1.807, 2.05) is 0 Å². The van der Waals surface area contributed by atoms with Crippen LogP contribution >= 0.6 is 11.6 Å². The number of hydrogen-bond donors (Lipinski definition) is 1. The Morgan fingerprint density at radius 3 is 3.00 bits per heavy atom. The predicted molar refractivity (Wildman–Crippen MR) is 51.2 cm³/mol. The Kier molecular flexibility index (Phi) is 2.05. The Morgan fingerprint density at radius 2 is 2.31 bits per heavy atom. The van der Waals surface area contributed by atoms with Crippen LogP contribution < -0.4 is 0 Å². The standard InChI is InChI=1S/C7H6ClN3OS/c1-13(12)4-2-9-7-5(4)6(8)10-3-11-7/h2-3H,1H3,(H,9,10,11). The van der Waals surface area contributed by atoms with Gasteiger partial charge in [0.05, 0.1) is 21.1 Å². The third-order valence-electron chi connectivity index (χ3n) is 1.70. The molecule has 0 saturated heterocycles. The number of nitrogens with one attached hydrogen (secondary N) is 1. The van der Waals surface area contributed by atoms with Crippen molar-refractivity contribution in [2.75, 3.05) is 6.26 Å². The Bertz CT molecular complexity index is 482. The molecule has 0 aromatic carbocycles. The molecule has 4 nitrogen and oxygen atoms in total.